The van der Waals surface area contributed by atoms with Crippen molar-refractivity contribution in [3.8, 4) is 5.75 Å². The molecule has 3 heterocycles. The first kappa shape index (κ1) is 16.3. The van der Waals surface area contributed by atoms with Crippen molar-refractivity contribution in [2.75, 3.05) is 32.1 Å². The molecule has 1 aliphatic heterocycles. The van der Waals surface area contributed by atoms with Crippen LogP contribution in [-0.4, -0.2) is 41.6 Å². The minimum Gasteiger partial charge on any atom is -0.497 e. The van der Waals surface area contributed by atoms with Crippen molar-refractivity contribution in [1.82, 2.24) is 14.9 Å². The van der Waals surface area contributed by atoms with Gasteiger partial charge in [-0.25, -0.2) is 9.97 Å². The largest absolute Gasteiger partial charge is 0.497 e. The number of benzene rings is 1. The van der Waals surface area contributed by atoms with E-state index >= 15 is 0 Å². The maximum Gasteiger partial charge on any atom is 0.138 e. The van der Waals surface area contributed by atoms with Gasteiger partial charge in [-0.1, -0.05) is 12.1 Å². The van der Waals surface area contributed by atoms with Gasteiger partial charge in [0.1, 0.15) is 22.7 Å². The van der Waals surface area contributed by atoms with E-state index in [-0.39, 0.29) is 0 Å². The smallest absolute Gasteiger partial charge is 0.138 e. The highest BCUT2D eigenvalue weighted by Crippen LogP contribution is 2.29. The van der Waals surface area contributed by atoms with E-state index in [1.807, 2.05) is 12.1 Å². The van der Waals surface area contributed by atoms with Gasteiger partial charge in [0.25, 0.3) is 0 Å². The lowest BCUT2D eigenvalue weighted by atomic mass is 10.1. The minimum absolute atomic E-state index is 0.331. The summed E-state index contributed by atoms with van der Waals surface area (Å²) in [4.78, 5) is 12.4. The van der Waals surface area contributed by atoms with Crippen LogP contribution in [0.25, 0.3) is 10.2 Å². The number of hydrogen-bond donors (Lipinski definition) is 1. The first-order valence-corrected chi connectivity index (χ1v) is 9.53. The predicted octanol–water partition coefficient (Wildman–Crippen LogP) is 3.95. The van der Waals surface area contributed by atoms with E-state index in [2.05, 4.69) is 43.8 Å². The van der Waals surface area contributed by atoms with E-state index in [0.717, 1.165) is 41.4 Å². The average molecular weight is 354 g/mol. The van der Waals surface area contributed by atoms with Crippen LogP contribution in [0.5, 0.6) is 5.75 Å². The van der Waals surface area contributed by atoms with E-state index in [0.29, 0.717) is 6.04 Å². The summed E-state index contributed by atoms with van der Waals surface area (Å²) in [7, 11) is 1.70. The van der Waals surface area contributed by atoms with Gasteiger partial charge in [-0.15, -0.1) is 11.3 Å². The molecular weight excluding hydrogens is 332 g/mol. The number of fused-ring (bicyclic) bond motifs is 1. The molecule has 0 saturated carbocycles. The lowest BCUT2D eigenvalue weighted by molar-refractivity contribution is 0.255. The molecule has 0 bridgehead atoms. The first-order valence-electron chi connectivity index (χ1n) is 8.65. The molecule has 6 heteroatoms. The third kappa shape index (κ3) is 3.45. The topological polar surface area (TPSA) is 50.3 Å². The number of anilines is 1. The van der Waals surface area contributed by atoms with E-state index < -0.39 is 0 Å². The van der Waals surface area contributed by atoms with E-state index in [9.17, 15) is 0 Å². The van der Waals surface area contributed by atoms with Crippen LogP contribution in [0, 0.1) is 0 Å². The summed E-state index contributed by atoms with van der Waals surface area (Å²) in [5, 5.41) is 6.72. The molecule has 2 aromatic heterocycles. The molecule has 0 radical (unpaired) electrons. The number of ether oxygens (including phenoxy) is 1. The standard InChI is InChI=1S/C19H22N4OS/c1-24-15-6-4-14(5-7-15)17(23-9-2-3-10-23)12-20-18-16-8-11-25-19(16)22-13-21-18/h4-8,11,13,17H,2-3,9-10,12H2,1H3,(H,20,21,22). The maximum atomic E-state index is 5.30. The molecule has 1 fully saturated rings. The van der Waals surface area contributed by atoms with Crippen LogP contribution in [0.1, 0.15) is 24.4 Å². The van der Waals surface area contributed by atoms with Gasteiger partial charge in [0, 0.05) is 6.54 Å². The molecule has 4 rings (SSSR count). The highest BCUT2D eigenvalue weighted by Gasteiger charge is 2.23. The molecule has 0 amide bonds. The lowest BCUT2D eigenvalue weighted by Gasteiger charge is -2.28. The number of aromatic nitrogens is 2. The summed E-state index contributed by atoms with van der Waals surface area (Å²) in [5.41, 5.74) is 1.31. The zero-order chi connectivity index (χ0) is 17.1. The quantitative estimate of drug-likeness (QED) is 0.726. The van der Waals surface area contributed by atoms with Crippen LogP contribution < -0.4 is 10.1 Å². The van der Waals surface area contributed by atoms with Gasteiger partial charge in [0.05, 0.1) is 18.5 Å². The lowest BCUT2D eigenvalue weighted by Crippen LogP contribution is -2.31. The Labute approximate surface area is 151 Å². The Bertz CT molecular complexity index is 827. The summed E-state index contributed by atoms with van der Waals surface area (Å²) in [5.74, 6) is 1.82. The molecule has 1 unspecified atom stereocenters. The first-order chi connectivity index (χ1) is 12.3. The van der Waals surface area contributed by atoms with Crippen molar-refractivity contribution < 1.29 is 4.74 Å². The number of nitrogens with zero attached hydrogens (tertiary/aromatic N) is 3. The van der Waals surface area contributed by atoms with Crippen molar-refractivity contribution in [2.45, 2.75) is 18.9 Å². The molecule has 1 aromatic carbocycles. The predicted molar refractivity (Wildman–Crippen MR) is 102 cm³/mol. The number of hydrogen-bond acceptors (Lipinski definition) is 6. The second-order valence-electron chi connectivity index (χ2n) is 6.27. The summed E-state index contributed by atoms with van der Waals surface area (Å²) in [6, 6.07) is 10.8. The molecule has 130 valence electrons. The molecule has 1 N–H and O–H groups in total. The molecule has 3 aromatic rings. The molecule has 1 saturated heterocycles. The molecule has 1 aliphatic rings. The maximum absolute atomic E-state index is 5.30. The third-order valence-electron chi connectivity index (χ3n) is 4.81. The summed E-state index contributed by atoms with van der Waals surface area (Å²) in [6.45, 7) is 3.13. The van der Waals surface area contributed by atoms with Gasteiger partial charge in [0.2, 0.25) is 0 Å². The highest BCUT2D eigenvalue weighted by atomic mass is 32.1. The molecule has 25 heavy (non-hydrogen) atoms. The Balaban J connectivity index is 1.56. The average Bonchev–Trinajstić information content (AvgIpc) is 3.34. The number of likely N-dealkylation sites (tertiary alicyclic amines) is 1. The summed E-state index contributed by atoms with van der Waals surface area (Å²) < 4.78 is 5.30. The fourth-order valence-electron chi connectivity index (χ4n) is 3.46. The van der Waals surface area contributed by atoms with Crippen molar-refractivity contribution in [2.24, 2.45) is 0 Å². The van der Waals surface area contributed by atoms with Crippen molar-refractivity contribution in [3.63, 3.8) is 0 Å². The van der Waals surface area contributed by atoms with Crippen molar-refractivity contribution >= 4 is 27.4 Å². The number of nitrogens with one attached hydrogen (secondary N) is 1. The normalized spacial score (nSPS) is 16.2. The molecule has 0 aliphatic carbocycles. The molecule has 1 atom stereocenters. The van der Waals surface area contributed by atoms with Gasteiger partial charge in [0.15, 0.2) is 0 Å². The Hall–Kier alpha value is -2.18. The summed E-state index contributed by atoms with van der Waals surface area (Å²) in [6.07, 6.45) is 4.18. The summed E-state index contributed by atoms with van der Waals surface area (Å²) >= 11 is 1.65. The monoisotopic (exact) mass is 354 g/mol. The fraction of sp³-hybridized carbons (Fsp3) is 0.368. The number of thiophene rings is 1. The Kier molecular flexibility index (Phi) is 4.81. The highest BCUT2D eigenvalue weighted by molar-refractivity contribution is 7.16. The van der Waals surface area contributed by atoms with Gasteiger partial charge < -0.3 is 10.1 Å². The second-order valence-corrected chi connectivity index (χ2v) is 7.17. The van der Waals surface area contributed by atoms with E-state index in [1.165, 1.54) is 18.4 Å². The molecule has 0 spiro atoms. The third-order valence-corrected chi connectivity index (χ3v) is 5.63. The van der Waals surface area contributed by atoms with Crippen LogP contribution in [-0.2, 0) is 0 Å². The van der Waals surface area contributed by atoms with Crippen LogP contribution in [0.2, 0.25) is 0 Å². The van der Waals surface area contributed by atoms with Crippen molar-refractivity contribution in [3.05, 3.63) is 47.6 Å². The Morgan fingerprint density at radius 3 is 2.72 bits per heavy atom. The van der Waals surface area contributed by atoms with Crippen LogP contribution in [0.15, 0.2) is 42.0 Å². The van der Waals surface area contributed by atoms with Crippen LogP contribution in [0.4, 0.5) is 5.82 Å². The van der Waals surface area contributed by atoms with Crippen molar-refractivity contribution in [1.29, 1.82) is 0 Å². The van der Waals surface area contributed by atoms with Gasteiger partial charge in [-0.2, -0.15) is 0 Å². The second kappa shape index (κ2) is 7.37. The SMILES string of the molecule is COc1ccc(C(CNc2ncnc3sccc23)N2CCCC2)cc1. The number of rotatable bonds is 6. The zero-order valence-electron chi connectivity index (χ0n) is 14.3. The van der Waals surface area contributed by atoms with Crippen LogP contribution in [0.3, 0.4) is 0 Å². The van der Waals surface area contributed by atoms with Gasteiger partial charge >= 0.3 is 0 Å². The van der Waals surface area contributed by atoms with E-state index in [1.54, 1.807) is 24.8 Å². The van der Waals surface area contributed by atoms with E-state index in [4.69, 9.17) is 4.74 Å². The Morgan fingerprint density at radius 1 is 1.16 bits per heavy atom. The van der Waals surface area contributed by atoms with Gasteiger partial charge in [-0.05, 0) is 55.1 Å². The minimum atomic E-state index is 0.331. The fourth-order valence-corrected chi connectivity index (χ4v) is 4.19. The molecule has 5 nitrogen and oxygen atoms in total. The van der Waals surface area contributed by atoms with Crippen LogP contribution >= 0.6 is 11.3 Å². The zero-order valence-corrected chi connectivity index (χ0v) is 15.1. The Morgan fingerprint density at radius 2 is 1.96 bits per heavy atom. The molecular formula is C19H22N4OS. The number of methoxy groups -OCH3 is 1. The van der Waals surface area contributed by atoms with Gasteiger partial charge in [-0.3, -0.25) is 4.90 Å².